The Labute approximate surface area is 173 Å². The van der Waals surface area contributed by atoms with Crippen molar-refractivity contribution in [2.45, 2.75) is 25.6 Å². The molecule has 10 heteroatoms. The highest BCUT2D eigenvalue weighted by atomic mass is 19.4. The molecule has 3 N–H and O–H groups in total. The number of carbonyl (C=O) groups excluding carboxylic acids is 2. The fraction of sp³-hybridized carbons (Fsp3) is 0.190. The third-order valence-corrected chi connectivity index (χ3v) is 4.78. The van der Waals surface area contributed by atoms with Gasteiger partial charge < -0.3 is 15.6 Å². The van der Waals surface area contributed by atoms with Crippen LogP contribution >= 0.6 is 0 Å². The highest BCUT2D eigenvalue weighted by Gasteiger charge is 2.34. The number of halogens is 4. The minimum atomic E-state index is -4.88. The molecule has 3 rings (SSSR count). The zero-order chi connectivity index (χ0) is 22.9. The summed E-state index contributed by atoms with van der Waals surface area (Å²) in [6, 6.07) is 7.52. The van der Waals surface area contributed by atoms with Crippen LogP contribution in [0.3, 0.4) is 0 Å². The van der Waals surface area contributed by atoms with Crippen molar-refractivity contribution in [2.75, 3.05) is 5.32 Å². The van der Waals surface area contributed by atoms with E-state index in [1.807, 2.05) is 0 Å². The summed E-state index contributed by atoms with van der Waals surface area (Å²) in [6.45, 7) is 1.47. The van der Waals surface area contributed by atoms with Gasteiger partial charge in [0.2, 0.25) is 11.8 Å². The molecule has 3 aromatic rings. The maximum Gasteiger partial charge on any atom is 0.419 e. The van der Waals surface area contributed by atoms with Crippen LogP contribution in [-0.4, -0.2) is 16.4 Å². The van der Waals surface area contributed by atoms with E-state index in [2.05, 4.69) is 5.32 Å². The van der Waals surface area contributed by atoms with Gasteiger partial charge in [-0.1, -0.05) is 12.1 Å². The molecule has 0 fully saturated rings. The molecular formula is C21H17F4N3O3. The Hall–Kier alpha value is -3.69. The molecule has 0 saturated carbocycles. The number of primary amides is 1. The third kappa shape index (κ3) is 4.57. The molecule has 0 saturated heterocycles. The second-order valence-electron chi connectivity index (χ2n) is 6.91. The van der Waals surface area contributed by atoms with Crippen LogP contribution < -0.4 is 16.6 Å². The number of rotatable bonds is 5. The average molecular weight is 435 g/mol. The fourth-order valence-electron chi connectivity index (χ4n) is 3.12. The molecular weight excluding hydrogens is 418 g/mol. The Morgan fingerprint density at radius 3 is 2.48 bits per heavy atom. The van der Waals surface area contributed by atoms with Crippen LogP contribution in [-0.2, 0) is 22.2 Å². The van der Waals surface area contributed by atoms with E-state index < -0.39 is 47.4 Å². The molecule has 0 spiro atoms. The van der Waals surface area contributed by atoms with Gasteiger partial charge in [0.25, 0.3) is 5.56 Å². The first-order chi connectivity index (χ1) is 14.5. The number of pyridine rings is 1. The number of nitrogens with two attached hydrogens (primary N) is 1. The zero-order valence-corrected chi connectivity index (χ0v) is 16.2. The van der Waals surface area contributed by atoms with Crippen molar-refractivity contribution < 1.29 is 27.2 Å². The van der Waals surface area contributed by atoms with Crippen molar-refractivity contribution in [1.29, 1.82) is 0 Å². The highest BCUT2D eigenvalue weighted by molar-refractivity contribution is 6.02. The molecule has 2 amide bonds. The molecule has 0 aliphatic rings. The van der Waals surface area contributed by atoms with Gasteiger partial charge in [-0.2, -0.15) is 13.2 Å². The molecule has 31 heavy (non-hydrogen) atoms. The maximum absolute atomic E-state index is 13.4. The topological polar surface area (TPSA) is 94.2 Å². The Morgan fingerprint density at radius 1 is 1.13 bits per heavy atom. The van der Waals surface area contributed by atoms with Crippen molar-refractivity contribution >= 4 is 28.3 Å². The summed E-state index contributed by atoms with van der Waals surface area (Å²) in [5.41, 5.74) is 3.54. The lowest BCUT2D eigenvalue weighted by molar-refractivity contribution is -0.140. The molecule has 1 heterocycles. The van der Waals surface area contributed by atoms with E-state index in [0.717, 1.165) is 10.6 Å². The van der Waals surface area contributed by atoms with Crippen molar-refractivity contribution in [3.8, 4) is 0 Å². The lowest BCUT2D eigenvalue weighted by Gasteiger charge is -2.14. The SMILES string of the molecule is C[C@@H](C(N)=O)n1ccc2c(NC(=O)Cc3ccc(F)c(C(F)(F)F)c3)cccc2c1=O. The van der Waals surface area contributed by atoms with Gasteiger partial charge in [0.05, 0.1) is 12.0 Å². The molecule has 0 unspecified atom stereocenters. The molecule has 6 nitrogen and oxygen atoms in total. The number of carbonyl (C=O) groups is 2. The number of fused-ring (bicyclic) bond motifs is 1. The first kappa shape index (κ1) is 22.0. The number of hydrogen-bond donors (Lipinski definition) is 2. The molecule has 0 aliphatic carbocycles. The van der Waals surface area contributed by atoms with E-state index in [4.69, 9.17) is 5.73 Å². The van der Waals surface area contributed by atoms with Gasteiger partial charge in [-0.15, -0.1) is 0 Å². The van der Waals surface area contributed by atoms with Crippen LogP contribution in [0, 0.1) is 5.82 Å². The summed E-state index contributed by atoms with van der Waals surface area (Å²) in [5, 5.41) is 3.15. The largest absolute Gasteiger partial charge is 0.419 e. The van der Waals surface area contributed by atoms with Crippen molar-refractivity contribution in [3.05, 3.63) is 76.0 Å². The summed E-state index contributed by atoms with van der Waals surface area (Å²) >= 11 is 0. The number of nitrogens with zero attached hydrogens (tertiary/aromatic N) is 1. The van der Waals surface area contributed by atoms with Crippen LogP contribution in [0.2, 0.25) is 0 Å². The summed E-state index contributed by atoms with van der Waals surface area (Å²) in [7, 11) is 0. The van der Waals surface area contributed by atoms with Gasteiger partial charge in [0.15, 0.2) is 0 Å². The number of anilines is 1. The first-order valence-corrected chi connectivity index (χ1v) is 9.07. The van der Waals surface area contributed by atoms with Crippen LogP contribution in [0.25, 0.3) is 10.8 Å². The Balaban J connectivity index is 1.89. The molecule has 2 aromatic carbocycles. The smallest absolute Gasteiger partial charge is 0.368 e. The molecule has 1 atom stereocenters. The summed E-state index contributed by atoms with van der Waals surface area (Å²) < 4.78 is 53.2. The second kappa shape index (κ2) is 8.21. The number of aromatic nitrogens is 1. The predicted octanol–water partition coefficient (Wildman–Crippen LogP) is 3.39. The molecule has 0 radical (unpaired) electrons. The standard InChI is InChI=1S/C21H17F4N3O3/c1-11(19(26)30)28-8-7-13-14(20(28)31)3-2-4-17(13)27-18(29)10-12-5-6-16(22)15(9-12)21(23,24)25/h2-9,11H,10H2,1H3,(H2,26,30)(H,27,29)/t11-/m0/s1. The number of alkyl halides is 3. The van der Waals surface area contributed by atoms with Crippen molar-refractivity contribution in [1.82, 2.24) is 4.57 Å². The summed E-state index contributed by atoms with van der Waals surface area (Å²) in [4.78, 5) is 36.5. The number of benzene rings is 2. The zero-order valence-electron chi connectivity index (χ0n) is 16.2. The fourth-order valence-corrected chi connectivity index (χ4v) is 3.12. The van der Waals surface area contributed by atoms with Gasteiger partial charge in [-0.05, 0) is 42.8 Å². The minimum absolute atomic E-state index is 0.0240. The monoisotopic (exact) mass is 435 g/mol. The van der Waals surface area contributed by atoms with E-state index in [1.165, 1.54) is 37.4 Å². The predicted molar refractivity (Wildman–Crippen MR) is 106 cm³/mol. The molecule has 162 valence electrons. The van der Waals surface area contributed by atoms with Crippen LogP contribution in [0.15, 0.2) is 53.5 Å². The first-order valence-electron chi connectivity index (χ1n) is 9.07. The Morgan fingerprint density at radius 2 is 1.84 bits per heavy atom. The van der Waals surface area contributed by atoms with Crippen molar-refractivity contribution in [3.63, 3.8) is 0 Å². The third-order valence-electron chi connectivity index (χ3n) is 4.78. The average Bonchev–Trinajstić information content (AvgIpc) is 2.69. The van der Waals surface area contributed by atoms with Gasteiger partial charge in [0, 0.05) is 22.7 Å². The maximum atomic E-state index is 13.4. The Kier molecular flexibility index (Phi) is 5.83. The van der Waals surface area contributed by atoms with E-state index in [0.29, 0.717) is 17.5 Å². The van der Waals surface area contributed by atoms with E-state index in [-0.39, 0.29) is 16.6 Å². The number of amides is 2. The van der Waals surface area contributed by atoms with Gasteiger partial charge in [-0.25, -0.2) is 4.39 Å². The minimum Gasteiger partial charge on any atom is -0.368 e. The molecule has 0 bridgehead atoms. The quantitative estimate of drug-likeness (QED) is 0.602. The number of nitrogens with one attached hydrogen (secondary N) is 1. The van der Waals surface area contributed by atoms with E-state index in [9.17, 15) is 31.9 Å². The van der Waals surface area contributed by atoms with Gasteiger partial charge in [-0.3, -0.25) is 14.4 Å². The summed E-state index contributed by atoms with van der Waals surface area (Å²) in [6.07, 6.45) is -3.95. The highest BCUT2D eigenvalue weighted by Crippen LogP contribution is 2.32. The van der Waals surface area contributed by atoms with Crippen molar-refractivity contribution in [2.24, 2.45) is 5.73 Å². The second-order valence-corrected chi connectivity index (χ2v) is 6.91. The molecule has 0 aliphatic heterocycles. The van der Waals surface area contributed by atoms with Crippen LogP contribution in [0.1, 0.15) is 24.1 Å². The lowest BCUT2D eigenvalue weighted by Crippen LogP contribution is -2.31. The number of hydrogen-bond acceptors (Lipinski definition) is 3. The van der Waals surface area contributed by atoms with E-state index >= 15 is 0 Å². The lowest BCUT2D eigenvalue weighted by atomic mass is 10.1. The van der Waals surface area contributed by atoms with Crippen LogP contribution in [0.4, 0.5) is 23.2 Å². The van der Waals surface area contributed by atoms with Gasteiger partial charge in [0.1, 0.15) is 11.9 Å². The normalized spacial score (nSPS) is 12.5. The van der Waals surface area contributed by atoms with Gasteiger partial charge >= 0.3 is 6.18 Å². The Bertz CT molecular complexity index is 1230. The van der Waals surface area contributed by atoms with E-state index in [1.54, 1.807) is 0 Å². The summed E-state index contributed by atoms with van der Waals surface area (Å²) in [5.74, 6) is -2.77. The molecule has 1 aromatic heterocycles. The van der Waals surface area contributed by atoms with Crippen LogP contribution in [0.5, 0.6) is 0 Å².